The van der Waals surface area contributed by atoms with Crippen LogP contribution >= 0.6 is 39.7 Å². The lowest BCUT2D eigenvalue weighted by molar-refractivity contribution is 0.854. The number of halogens is 2. The maximum atomic E-state index is 5.90. The fourth-order valence-corrected chi connectivity index (χ4v) is 1.75. The van der Waals surface area contributed by atoms with Crippen molar-refractivity contribution in [2.24, 2.45) is 0 Å². The van der Waals surface area contributed by atoms with E-state index in [1.165, 1.54) is 0 Å². The van der Waals surface area contributed by atoms with E-state index in [0.29, 0.717) is 4.64 Å². The summed E-state index contributed by atoms with van der Waals surface area (Å²) in [4.78, 5) is 7.31. The number of alkyl halides is 1. The Morgan fingerprint density at radius 1 is 1.69 bits per heavy atom. The standard InChI is InChI=1S/C8H10BrClN2S/c1-3-5-6(9)8(13)12-7(11-5)4(2)10/h4H,3H2,1-2H3,(H,11,12,13). The van der Waals surface area contributed by atoms with Gasteiger partial charge in [0, 0.05) is 5.69 Å². The molecule has 1 aromatic heterocycles. The number of aromatic amines is 1. The van der Waals surface area contributed by atoms with E-state index in [1.54, 1.807) is 0 Å². The molecule has 5 heteroatoms. The largest absolute Gasteiger partial charge is 0.345 e. The average molecular weight is 282 g/mol. The predicted octanol–water partition coefficient (Wildman–Crippen LogP) is 3.76. The first-order valence-corrected chi connectivity index (χ1v) is 5.62. The van der Waals surface area contributed by atoms with Crippen molar-refractivity contribution in [2.45, 2.75) is 25.6 Å². The second-order valence-electron chi connectivity index (χ2n) is 2.69. The molecule has 1 unspecified atom stereocenters. The van der Waals surface area contributed by atoms with Gasteiger partial charge in [0.15, 0.2) is 0 Å². The minimum atomic E-state index is -0.139. The molecule has 2 nitrogen and oxygen atoms in total. The van der Waals surface area contributed by atoms with E-state index in [9.17, 15) is 0 Å². The summed E-state index contributed by atoms with van der Waals surface area (Å²) in [5.74, 6) is 0.728. The molecule has 1 rings (SSSR count). The van der Waals surface area contributed by atoms with Gasteiger partial charge in [0.25, 0.3) is 0 Å². The number of aryl methyl sites for hydroxylation is 1. The maximum Gasteiger partial charge on any atom is 0.144 e. The molecule has 0 aliphatic rings. The first-order valence-electron chi connectivity index (χ1n) is 3.99. The lowest BCUT2D eigenvalue weighted by atomic mass is 10.3. The van der Waals surface area contributed by atoms with E-state index in [-0.39, 0.29) is 5.38 Å². The van der Waals surface area contributed by atoms with Gasteiger partial charge in [0.05, 0.1) is 9.85 Å². The number of H-pyrrole nitrogens is 1. The number of aromatic nitrogens is 2. The number of hydrogen-bond acceptors (Lipinski definition) is 2. The van der Waals surface area contributed by atoms with Gasteiger partial charge < -0.3 is 4.98 Å². The first kappa shape index (κ1) is 11.1. The third-order valence-electron chi connectivity index (χ3n) is 1.68. The number of nitrogens with one attached hydrogen (secondary N) is 1. The highest BCUT2D eigenvalue weighted by atomic mass is 79.9. The summed E-state index contributed by atoms with van der Waals surface area (Å²) in [7, 11) is 0. The summed E-state index contributed by atoms with van der Waals surface area (Å²) >= 11 is 14.4. The molecule has 0 amide bonds. The molecule has 1 heterocycles. The van der Waals surface area contributed by atoms with Crippen LogP contribution in [0.3, 0.4) is 0 Å². The zero-order valence-electron chi connectivity index (χ0n) is 7.40. The quantitative estimate of drug-likeness (QED) is 0.660. The van der Waals surface area contributed by atoms with Crippen molar-refractivity contribution in [2.75, 3.05) is 0 Å². The van der Waals surface area contributed by atoms with Crippen LogP contribution in [0.15, 0.2) is 4.47 Å². The van der Waals surface area contributed by atoms with Gasteiger partial charge in [0.1, 0.15) is 10.5 Å². The Labute approximate surface area is 95.9 Å². The number of rotatable bonds is 2. The van der Waals surface area contributed by atoms with Crippen molar-refractivity contribution < 1.29 is 0 Å². The van der Waals surface area contributed by atoms with E-state index in [0.717, 1.165) is 22.4 Å². The zero-order valence-corrected chi connectivity index (χ0v) is 10.6. The SMILES string of the molecule is CCc1[nH]c(C(C)Cl)nc(=S)c1Br. The summed E-state index contributed by atoms with van der Waals surface area (Å²) in [6.45, 7) is 3.91. The molecule has 1 atom stereocenters. The molecule has 0 saturated carbocycles. The fraction of sp³-hybridized carbons (Fsp3) is 0.500. The highest BCUT2D eigenvalue weighted by Crippen LogP contribution is 2.21. The van der Waals surface area contributed by atoms with Crippen molar-refractivity contribution in [3.8, 4) is 0 Å². The molecule has 72 valence electrons. The topological polar surface area (TPSA) is 28.7 Å². The molecule has 0 aromatic carbocycles. The lowest BCUT2D eigenvalue weighted by Gasteiger charge is -2.07. The Bertz CT molecular complexity index is 362. The fourth-order valence-electron chi connectivity index (χ4n) is 0.957. The van der Waals surface area contributed by atoms with Gasteiger partial charge in [0.2, 0.25) is 0 Å². The Morgan fingerprint density at radius 2 is 2.31 bits per heavy atom. The van der Waals surface area contributed by atoms with Crippen LogP contribution in [0, 0.1) is 4.64 Å². The molecule has 0 aliphatic heterocycles. The normalized spacial score (nSPS) is 12.9. The molecule has 0 spiro atoms. The first-order chi connectivity index (χ1) is 6.06. The third kappa shape index (κ3) is 2.51. The molecule has 13 heavy (non-hydrogen) atoms. The summed E-state index contributed by atoms with van der Waals surface area (Å²) in [5.41, 5.74) is 1.04. The molecule has 0 aliphatic carbocycles. The summed E-state index contributed by atoms with van der Waals surface area (Å²) in [5, 5.41) is -0.139. The second kappa shape index (κ2) is 4.53. The number of nitrogens with zero attached hydrogens (tertiary/aromatic N) is 1. The minimum Gasteiger partial charge on any atom is -0.345 e. The van der Waals surface area contributed by atoms with Gasteiger partial charge in [-0.1, -0.05) is 19.1 Å². The van der Waals surface area contributed by atoms with Gasteiger partial charge in [-0.05, 0) is 29.3 Å². The predicted molar refractivity (Wildman–Crippen MR) is 60.8 cm³/mol. The van der Waals surface area contributed by atoms with E-state index < -0.39 is 0 Å². The smallest absolute Gasteiger partial charge is 0.144 e. The Morgan fingerprint density at radius 3 is 2.77 bits per heavy atom. The van der Waals surface area contributed by atoms with Crippen LogP contribution in [0.25, 0.3) is 0 Å². The van der Waals surface area contributed by atoms with E-state index in [2.05, 4.69) is 25.9 Å². The molecule has 1 aromatic rings. The van der Waals surface area contributed by atoms with Gasteiger partial charge >= 0.3 is 0 Å². The molecular weight excluding hydrogens is 272 g/mol. The summed E-state index contributed by atoms with van der Waals surface area (Å²) in [6.07, 6.45) is 0.878. The van der Waals surface area contributed by atoms with E-state index >= 15 is 0 Å². The highest BCUT2D eigenvalue weighted by molar-refractivity contribution is 9.10. The molecule has 0 bridgehead atoms. The van der Waals surface area contributed by atoms with Crippen molar-refractivity contribution in [1.82, 2.24) is 9.97 Å². The number of hydrogen-bond donors (Lipinski definition) is 1. The van der Waals surface area contributed by atoms with Crippen LogP contribution in [0.5, 0.6) is 0 Å². The summed E-state index contributed by atoms with van der Waals surface area (Å²) < 4.78 is 1.43. The monoisotopic (exact) mass is 280 g/mol. The van der Waals surface area contributed by atoms with Crippen molar-refractivity contribution in [3.63, 3.8) is 0 Å². The van der Waals surface area contributed by atoms with Gasteiger partial charge in [-0.3, -0.25) is 0 Å². The van der Waals surface area contributed by atoms with Crippen LogP contribution in [0.4, 0.5) is 0 Å². The Hall–Kier alpha value is 0.0700. The van der Waals surface area contributed by atoms with Gasteiger partial charge in [-0.15, -0.1) is 11.6 Å². The summed E-state index contributed by atoms with van der Waals surface area (Å²) in [6, 6.07) is 0. The zero-order chi connectivity index (χ0) is 10.0. The Kier molecular flexibility index (Phi) is 3.88. The molecule has 0 radical (unpaired) electrons. The lowest BCUT2D eigenvalue weighted by Crippen LogP contribution is -2.01. The van der Waals surface area contributed by atoms with Crippen LogP contribution < -0.4 is 0 Å². The van der Waals surface area contributed by atoms with Crippen LogP contribution in [0.1, 0.15) is 30.7 Å². The third-order valence-corrected chi connectivity index (χ3v) is 3.30. The van der Waals surface area contributed by atoms with Gasteiger partial charge in [-0.25, -0.2) is 4.98 Å². The van der Waals surface area contributed by atoms with Crippen molar-refractivity contribution in [1.29, 1.82) is 0 Å². The molecule has 1 N–H and O–H groups in total. The highest BCUT2D eigenvalue weighted by Gasteiger charge is 2.08. The van der Waals surface area contributed by atoms with Crippen LogP contribution in [-0.2, 0) is 6.42 Å². The maximum absolute atomic E-state index is 5.90. The van der Waals surface area contributed by atoms with Crippen molar-refractivity contribution >= 4 is 39.7 Å². The van der Waals surface area contributed by atoms with E-state index in [4.69, 9.17) is 23.8 Å². The van der Waals surface area contributed by atoms with Crippen molar-refractivity contribution in [3.05, 3.63) is 20.6 Å². The van der Waals surface area contributed by atoms with Crippen LogP contribution in [-0.4, -0.2) is 9.97 Å². The minimum absolute atomic E-state index is 0.139. The molecule has 0 fully saturated rings. The average Bonchev–Trinajstić information content (AvgIpc) is 2.09. The molecular formula is C8H10BrClN2S. The van der Waals surface area contributed by atoms with E-state index in [1.807, 2.05) is 13.8 Å². The Balaban J connectivity index is 3.31. The second-order valence-corrected chi connectivity index (χ2v) is 4.52. The molecule has 0 saturated heterocycles. The van der Waals surface area contributed by atoms with Gasteiger partial charge in [-0.2, -0.15) is 0 Å². The van der Waals surface area contributed by atoms with Crippen LogP contribution in [0.2, 0.25) is 0 Å².